The lowest BCUT2D eigenvalue weighted by molar-refractivity contribution is 0.00411. The molecule has 0 unspecified atom stereocenters. The maximum Gasteiger partial charge on any atom is 0.109 e. The van der Waals surface area contributed by atoms with Crippen molar-refractivity contribution in [1.29, 1.82) is 0 Å². The van der Waals surface area contributed by atoms with Crippen molar-refractivity contribution in [2.45, 2.75) is 18.2 Å². The smallest absolute Gasteiger partial charge is 0.109 e. The fraction of sp³-hybridized carbons (Fsp3) is 0.400. The third-order valence-corrected chi connectivity index (χ3v) is 2.61. The number of anilines is 1. The standard InChI is InChI=1S/C10H14N2O2/c11-5-8-10(14)9(13)6-3-1-2-4-7(6)12-8/h1-4,8-10,12-14H,5,11H2/t8-,9+,10+/m0/s1. The van der Waals surface area contributed by atoms with Crippen molar-refractivity contribution in [1.82, 2.24) is 0 Å². The number of nitrogens with two attached hydrogens (primary N) is 1. The zero-order valence-electron chi connectivity index (χ0n) is 7.72. The molecule has 1 aromatic carbocycles. The minimum absolute atomic E-state index is 0.278. The van der Waals surface area contributed by atoms with Gasteiger partial charge in [-0.15, -0.1) is 0 Å². The van der Waals surface area contributed by atoms with Gasteiger partial charge in [-0.25, -0.2) is 0 Å². The van der Waals surface area contributed by atoms with E-state index in [0.717, 1.165) is 11.3 Å². The Labute approximate surface area is 82.4 Å². The van der Waals surface area contributed by atoms with Crippen molar-refractivity contribution in [2.75, 3.05) is 11.9 Å². The lowest BCUT2D eigenvalue weighted by Crippen LogP contribution is -2.46. The molecule has 3 atom stereocenters. The summed E-state index contributed by atoms with van der Waals surface area (Å²) in [6.45, 7) is 0.298. The molecule has 2 rings (SSSR count). The van der Waals surface area contributed by atoms with E-state index in [2.05, 4.69) is 5.32 Å². The first-order valence-electron chi connectivity index (χ1n) is 4.65. The molecule has 0 aromatic heterocycles. The van der Waals surface area contributed by atoms with Gasteiger partial charge >= 0.3 is 0 Å². The predicted octanol–water partition coefficient (Wildman–Crippen LogP) is -0.166. The van der Waals surface area contributed by atoms with Gasteiger partial charge in [0.1, 0.15) is 12.2 Å². The summed E-state index contributed by atoms with van der Waals surface area (Å²) in [4.78, 5) is 0. The molecule has 1 aliphatic rings. The van der Waals surface area contributed by atoms with E-state index in [0.29, 0.717) is 6.54 Å². The largest absolute Gasteiger partial charge is 0.388 e. The van der Waals surface area contributed by atoms with E-state index < -0.39 is 12.2 Å². The molecule has 0 aliphatic carbocycles. The molecule has 0 bridgehead atoms. The highest BCUT2D eigenvalue weighted by molar-refractivity contribution is 5.55. The van der Waals surface area contributed by atoms with Gasteiger partial charge in [0.05, 0.1) is 6.04 Å². The molecule has 0 spiro atoms. The van der Waals surface area contributed by atoms with E-state index in [1.165, 1.54) is 0 Å². The normalized spacial score (nSPS) is 30.6. The third kappa shape index (κ3) is 1.37. The Morgan fingerprint density at radius 2 is 2.00 bits per heavy atom. The number of nitrogens with one attached hydrogen (secondary N) is 1. The second kappa shape index (κ2) is 3.57. The Kier molecular flexibility index (Phi) is 2.41. The van der Waals surface area contributed by atoms with Gasteiger partial charge in [0, 0.05) is 17.8 Å². The zero-order chi connectivity index (χ0) is 10.1. The number of fused-ring (bicyclic) bond motifs is 1. The SMILES string of the molecule is NC[C@@H]1Nc2ccccc2[C@@H](O)[C@@H]1O. The zero-order valence-corrected chi connectivity index (χ0v) is 7.72. The highest BCUT2D eigenvalue weighted by atomic mass is 16.3. The van der Waals surface area contributed by atoms with Crippen LogP contribution in [0.3, 0.4) is 0 Å². The Morgan fingerprint density at radius 1 is 1.29 bits per heavy atom. The average molecular weight is 194 g/mol. The van der Waals surface area contributed by atoms with Crippen LogP contribution in [0.5, 0.6) is 0 Å². The van der Waals surface area contributed by atoms with Gasteiger partial charge < -0.3 is 21.3 Å². The van der Waals surface area contributed by atoms with E-state index in [9.17, 15) is 10.2 Å². The Hall–Kier alpha value is -1.10. The first kappa shape index (κ1) is 9.45. The predicted molar refractivity (Wildman–Crippen MR) is 53.9 cm³/mol. The van der Waals surface area contributed by atoms with E-state index in [-0.39, 0.29) is 6.04 Å². The number of para-hydroxylation sites is 1. The molecule has 0 radical (unpaired) electrons. The molecule has 0 fully saturated rings. The van der Waals surface area contributed by atoms with Crippen LogP contribution in [0, 0.1) is 0 Å². The lowest BCUT2D eigenvalue weighted by atomic mass is 9.92. The Balaban J connectivity index is 2.37. The number of rotatable bonds is 1. The van der Waals surface area contributed by atoms with Gasteiger partial charge in [0.2, 0.25) is 0 Å². The van der Waals surface area contributed by atoms with E-state index in [1.54, 1.807) is 6.07 Å². The maximum absolute atomic E-state index is 9.79. The first-order chi connectivity index (χ1) is 6.74. The summed E-state index contributed by atoms with van der Waals surface area (Å²) >= 11 is 0. The van der Waals surface area contributed by atoms with Gasteiger partial charge in [0.25, 0.3) is 0 Å². The molecule has 14 heavy (non-hydrogen) atoms. The van der Waals surface area contributed by atoms with Gasteiger partial charge in [-0.2, -0.15) is 0 Å². The number of aliphatic hydroxyl groups excluding tert-OH is 2. The molecule has 1 aromatic rings. The quantitative estimate of drug-likeness (QED) is 0.500. The van der Waals surface area contributed by atoms with Gasteiger partial charge in [-0.3, -0.25) is 0 Å². The van der Waals surface area contributed by atoms with Crippen molar-refractivity contribution in [2.24, 2.45) is 5.73 Å². The van der Waals surface area contributed by atoms with Crippen molar-refractivity contribution in [3.63, 3.8) is 0 Å². The topological polar surface area (TPSA) is 78.5 Å². The van der Waals surface area contributed by atoms with Crippen LogP contribution in [0.25, 0.3) is 0 Å². The minimum atomic E-state index is -0.846. The molecular formula is C10H14N2O2. The van der Waals surface area contributed by atoms with Gasteiger partial charge in [-0.1, -0.05) is 18.2 Å². The van der Waals surface area contributed by atoms with Crippen LogP contribution in [-0.2, 0) is 0 Å². The summed E-state index contributed by atoms with van der Waals surface area (Å²) in [5, 5.41) is 22.6. The molecule has 76 valence electrons. The van der Waals surface area contributed by atoms with Crippen molar-refractivity contribution >= 4 is 5.69 Å². The van der Waals surface area contributed by atoms with E-state index in [4.69, 9.17) is 5.73 Å². The number of hydrogen-bond acceptors (Lipinski definition) is 4. The molecule has 0 saturated carbocycles. The number of hydrogen-bond donors (Lipinski definition) is 4. The fourth-order valence-corrected chi connectivity index (χ4v) is 1.77. The summed E-state index contributed by atoms with van der Waals surface area (Å²) in [6.07, 6.45) is -1.68. The number of benzene rings is 1. The lowest BCUT2D eigenvalue weighted by Gasteiger charge is -2.34. The molecule has 1 aliphatic heterocycles. The first-order valence-corrected chi connectivity index (χ1v) is 4.65. The molecular weight excluding hydrogens is 180 g/mol. The van der Waals surface area contributed by atoms with Crippen LogP contribution in [0.2, 0.25) is 0 Å². The van der Waals surface area contributed by atoms with Crippen molar-refractivity contribution < 1.29 is 10.2 Å². The summed E-state index contributed by atoms with van der Waals surface area (Å²) < 4.78 is 0. The molecule has 4 heteroatoms. The van der Waals surface area contributed by atoms with Crippen LogP contribution < -0.4 is 11.1 Å². The molecule has 0 amide bonds. The second-order valence-electron chi connectivity index (χ2n) is 3.51. The molecule has 5 N–H and O–H groups in total. The monoisotopic (exact) mass is 194 g/mol. The fourth-order valence-electron chi connectivity index (χ4n) is 1.77. The summed E-state index contributed by atoms with van der Waals surface area (Å²) in [5.41, 5.74) is 7.05. The maximum atomic E-state index is 9.79. The van der Waals surface area contributed by atoms with Crippen LogP contribution in [0.15, 0.2) is 24.3 Å². The summed E-state index contributed by atoms with van der Waals surface area (Å²) in [6, 6.07) is 7.10. The molecule has 4 nitrogen and oxygen atoms in total. The van der Waals surface area contributed by atoms with E-state index in [1.807, 2.05) is 18.2 Å². The highest BCUT2D eigenvalue weighted by Crippen LogP contribution is 2.31. The van der Waals surface area contributed by atoms with Crippen LogP contribution in [-0.4, -0.2) is 28.9 Å². The van der Waals surface area contributed by atoms with Crippen molar-refractivity contribution in [3.8, 4) is 0 Å². The number of aliphatic hydroxyl groups is 2. The average Bonchev–Trinajstić information content (AvgIpc) is 2.23. The van der Waals surface area contributed by atoms with E-state index >= 15 is 0 Å². The summed E-state index contributed by atoms with van der Waals surface area (Å²) in [7, 11) is 0. The van der Waals surface area contributed by atoms with Crippen LogP contribution in [0.1, 0.15) is 11.7 Å². The Bertz CT molecular complexity index is 330. The molecule has 0 saturated heterocycles. The van der Waals surface area contributed by atoms with Gasteiger partial charge in [0.15, 0.2) is 0 Å². The Morgan fingerprint density at radius 3 is 2.71 bits per heavy atom. The molecule has 1 heterocycles. The third-order valence-electron chi connectivity index (χ3n) is 2.61. The second-order valence-corrected chi connectivity index (χ2v) is 3.51. The summed E-state index contributed by atoms with van der Waals surface area (Å²) in [5.74, 6) is 0. The minimum Gasteiger partial charge on any atom is -0.388 e. The van der Waals surface area contributed by atoms with Gasteiger partial charge in [-0.05, 0) is 6.07 Å². The van der Waals surface area contributed by atoms with Crippen LogP contribution >= 0.6 is 0 Å². The highest BCUT2D eigenvalue weighted by Gasteiger charge is 2.32. The van der Waals surface area contributed by atoms with Crippen molar-refractivity contribution in [3.05, 3.63) is 29.8 Å². The van der Waals surface area contributed by atoms with Crippen LogP contribution in [0.4, 0.5) is 5.69 Å².